The van der Waals surface area contributed by atoms with Crippen molar-refractivity contribution in [2.24, 2.45) is 5.92 Å². The Morgan fingerprint density at radius 1 is 1.44 bits per heavy atom. The van der Waals surface area contributed by atoms with Crippen LogP contribution in [-0.2, 0) is 0 Å². The van der Waals surface area contributed by atoms with E-state index in [1.807, 2.05) is 0 Å². The quantitative estimate of drug-likeness (QED) is 0.574. The highest BCUT2D eigenvalue weighted by atomic mass is 28.2. The molecule has 0 aliphatic rings. The number of hydrogen-bond acceptors (Lipinski definition) is 1. The molecule has 0 saturated heterocycles. The first-order chi connectivity index (χ1) is 4.22. The first-order valence-electron chi connectivity index (χ1n) is 3.89. The monoisotopic (exact) mass is 145 g/mol. The van der Waals surface area contributed by atoms with E-state index in [4.69, 9.17) is 0 Å². The molecule has 0 amide bonds. The summed E-state index contributed by atoms with van der Waals surface area (Å²) in [5, 5.41) is 0. The van der Waals surface area contributed by atoms with Crippen molar-refractivity contribution in [2.75, 3.05) is 0 Å². The van der Waals surface area contributed by atoms with Gasteiger partial charge in [-0.3, -0.25) is 0 Å². The van der Waals surface area contributed by atoms with Gasteiger partial charge >= 0.3 is 0 Å². The van der Waals surface area contributed by atoms with Crippen LogP contribution in [0.3, 0.4) is 0 Å². The van der Waals surface area contributed by atoms with Crippen molar-refractivity contribution < 1.29 is 0 Å². The zero-order valence-corrected chi connectivity index (χ0v) is 9.07. The van der Waals surface area contributed by atoms with Crippen LogP contribution in [0.1, 0.15) is 33.6 Å². The second kappa shape index (κ2) is 5.00. The molecule has 1 atom stereocenters. The summed E-state index contributed by atoms with van der Waals surface area (Å²) in [6.45, 7) is 6.81. The lowest BCUT2D eigenvalue weighted by molar-refractivity contribution is 0.432. The van der Waals surface area contributed by atoms with Crippen LogP contribution in [0.2, 0.25) is 0 Å². The van der Waals surface area contributed by atoms with Gasteiger partial charge in [0.25, 0.3) is 0 Å². The fourth-order valence-corrected chi connectivity index (χ4v) is 2.08. The van der Waals surface area contributed by atoms with Crippen LogP contribution in [0.5, 0.6) is 0 Å². The molecule has 9 heavy (non-hydrogen) atoms. The van der Waals surface area contributed by atoms with Crippen molar-refractivity contribution >= 4 is 10.4 Å². The minimum absolute atomic E-state index is 0.779. The third-order valence-corrected chi connectivity index (χ3v) is 2.52. The molecule has 0 spiro atoms. The lowest BCUT2D eigenvalue weighted by Crippen LogP contribution is -2.31. The summed E-state index contributed by atoms with van der Waals surface area (Å²) in [5.41, 5.74) is 0. The lowest BCUT2D eigenvalue weighted by Gasteiger charge is -2.18. The minimum Gasteiger partial charge on any atom is -0.342 e. The topological polar surface area (TPSA) is 12.0 Å². The van der Waals surface area contributed by atoms with E-state index in [1.54, 1.807) is 0 Å². The minimum atomic E-state index is 0.779. The van der Waals surface area contributed by atoms with Crippen molar-refractivity contribution in [3.8, 4) is 0 Å². The molecule has 0 rings (SSSR count). The molecule has 0 aliphatic carbocycles. The normalized spacial score (nSPS) is 14.7. The number of hydrogen-bond donors (Lipinski definition) is 1. The van der Waals surface area contributed by atoms with Crippen LogP contribution in [0.15, 0.2) is 0 Å². The average molecular weight is 145 g/mol. The lowest BCUT2D eigenvalue weighted by atomic mass is 10.0. The molecular formula is C7H19NSi. The number of nitrogens with one attached hydrogen (secondary N) is 1. The molecular weight excluding hydrogens is 126 g/mol. The smallest absolute Gasteiger partial charge is 0.0752 e. The first kappa shape index (κ1) is 9.18. The van der Waals surface area contributed by atoms with Crippen molar-refractivity contribution in [1.29, 1.82) is 0 Å². The maximum atomic E-state index is 3.44. The highest BCUT2D eigenvalue weighted by Gasteiger charge is 2.07. The Morgan fingerprint density at radius 2 is 2.00 bits per heavy atom. The molecule has 0 aromatic rings. The van der Waals surface area contributed by atoms with Gasteiger partial charge in [0.2, 0.25) is 0 Å². The summed E-state index contributed by atoms with van der Waals surface area (Å²) in [4.78, 5) is 3.44. The summed E-state index contributed by atoms with van der Waals surface area (Å²) in [7, 11) is 1.13. The summed E-state index contributed by atoms with van der Waals surface area (Å²) < 4.78 is 0. The molecule has 1 N–H and O–H groups in total. The van der Waals surface area contributed by atoms with Crippen molar-refractivity contribution in [3.05, 3.63) is 0 Å². The van der Waals surface area contributed by atoms with Gasteiger partial charge in [-0.2, -0.15) is 0 Å². The Labute approximate surface area is 61.7 Å². The van der Waals surface area contributed by atoms with Gasteiger partial charge in [0.15, 0.2) is 0 Å². The van der Waals surface area contributed by atoms with Crippen LogP contribution in [-0.4, -0.2) is 16.4 Å². The average Bonchev–Trinajstić information content (AvgIpc) is 1.82. The van der Waals surface area contributed by atoms with Crippen molar-refractivity contribution in [2.45, 2.75) is 39.7 Å². The van der Waals surface area contributed by atoms with Gasteiger partial charge in [0.1, 0.15) is 0 Å². The summed E-state index contributed by atoms with van der Waals surface area (Å²) in [5.74, 6) is 0.808. The Kier molecular flexibility index (Phi) is 5.10. The number of rotatable bonds is 4. The van der Waals surface area contributed by atoms with Gasteiger partial charge in [-0.25, -0.2) is 0 Å². The second-order valence-corrected chi connectivity index (χ2v) is 3.51. The third kappa shape index (κ3) is 3.70. The van der Waals surface area contributed by atoms with E-state index in [1.165, 1.54) is 12.8 Å². The molecule has 0 aliphatic heterocycles. The molecule has 1 unspecified atom stereocenters. The molecule has 0 aromatic heterocycles. The Hall–Kier alpha value is 0.177. The van der Waals surface area contributed by atoms with E-state index < -0.39 is 0 Å². The predicted octanol–water partition coefficient (Wildman–Crippen LogP) is 0.681. The molecule has 0 aromatic carbocycles. The van der Waals surface area contributed by atoms with Gasteiger partial charge in [-0.15, -0.1) is 0 Å². The highest BCUT2D eigenvalue weighted by molar-refractivity contribution is 6.04. The molecule has 0 radical (unpaired) electrons. The van der Waals surface area contributed by atoms with E-state index in [9.17, 15) is 0 Å². The molecule has 0 bridgehead atoms. The molecule has 56 valence electrons. The third-order valence-electron chi connectivity index (χ3n) is 1.78. The van der Waals surface area contributed by atoms with E-state index >= 15 is 0 Å². The van der Waals surface area contributed by atoms with Gasteiger partial charge in [0, 0.05) is 6.04 Å². The molecule has 0 heterocycles. The zero-order valence-electron chi connectivity index (χ0n) is 7.07. The van der Waals surface area contributed by atoms with Crippen LogP contribution in [0, 0.1) is 5.92 Å². The van der Waals surface area contributed by atoms with Crippen molar-refractivity contribution in [1.82, 2.24) is 4.98 Å². The van der Waals surface area contributed by atoms with Crippen molar-refractivity contribution in [3.63, 3.8) is 0 Å². The van der Waals surface area contributed by atoms with E-state index in [-0.39, 0.29) is 0 Å². The zero-order chi connectivity index (χ0) is 7.28. The SMILES string of the molecule is CCCC(N[SiH3])C(C)C. The fourth-order valence-electron chi connectivity index (χ4n) is 1.12. The Balaban J connectivity index is 3.41. The van der Waals surface area contributed by atoms with Crippen LogP contribution in [0.4, 0.5) is 0 Å². The Morgan fingerprint density at radius 3 is 2.11 bits per heavy atom. The maximum absolute atomic E-state index is 3.44. The standard InChI is InChI=1S/C7H19NSi/c1-4-5-7(8-9)6(2)3/h6-8H,4-5H2,1-3,9H3. The van der Waals surface area contributed by atoms with E-state index in [2.05, 4.69) is 25.8 Å². The summed E-state index contributed by atoms with van der Waals surface area (Å²) >= 11 is 0. The molecule has 0 saturated carbocycles. The molecule has 2 heteroatoms. The van der Waals surface area contributed by atoms with E-state index in [0.717, 1.165) is 22.4 Å². The van der Waals surface area contributed by atoms with Gasteiger partial charge < -0.3 is 4.98 Å². The van der Waals surface area contributed by atoms with Crippen LogP contribution >= 0.6 is 0 Å². The summed E-state index contributed by atoms with van der Waals surface area (Å²) in [6, 6.07) is 0.779. The highest BCUT2D eigenvalue weighted by Crippen LogP contribution is 2.06. The van der Waals surface area contributed by atoms with Gasteiger partial charge in [-0.1, -0.05) is 27.2 Å². The molecule has 0 fully saturated rings. The van der Waals surface area contributed by atoms with Crippen LogP contribution in [0.25, 0.3) is 0 Å². The predicted molar refractivity (Wildman–Crippen MR) is 46.6 cm³/mol. The fraction of sp³-hybridized carbons (Fsp3) is 1.00. The summed E-state index contributed by atoms with van der Waals surface area (Å²) in [6.07, 6.45) is 2.64. The van der Waals surface area contributed by atoms with Crippen LogP contribution < -0.4 is 4.98 Å². The largest absolute Gasteiger partial charge is 0.342 e. The van der Waals surface area contributed by atoms with E-state index in [0.29, 0.717) is 0 Å². The van der Waals surface area contributed by atoms with Gasteiger partial charge in [-0.05, 0) is 12.3 Å². The Bertz CT molecular complexity index is 63.9. The molecule has 1 nitrogen and oxygen atoms in total. The first-order valence-corrected chi connectivity index (χ1v) is 4.89. The van der Waals surface area contributed by atoms with Gasteiger partial charge in [0.05, 0.1) is 10.4 Å². The second-order valence-electron chi connectivity index (χ2n) is 2.93. The maximum Gasteiger partial charge on any atom is 0.0752 e.